The van der Waals surface area contributed by atoms with E-state index in [1.807, 2.05) is 40.6 Å². The van der Waals surface area contributed by atoms with Crippen molar-refractivity contribution < 1.29 is 0 Å². The number of hydrogen-bond donors (Lipinski definition) is 1. The molecular weight excluding hydrogens is 338 g/mol. The Balaban J connectivity index is 1.76. The Bertz CT molecular complexity index is 845. The van der Waals surface area contributed by atoms with Crippen molar-refractivity contribution in [3.63, 3.8) is 0 Å². The number of H-pyrrole nitrogens is 1. The summed E-state index contributed by atoms with van der Waals surface area (Å²) in [5.74, 6) is 2.39. The second-order valence-corrected chi connectivity index (χ2v) is 8.51. The Morgan fingerprint density at radius 2 is 1.88 bits per heavy atom. The van der Waals surface area contributed by atoms with Crippen molar-refractivity contribution in [2.24, 2.45) is 0 Å². The van der Waals surface area contributed by atoms with E-state index in [9.17, 15) is 4.79 Å². The van der Waals surface area contributed by atoms with Crippen LogP contribution in [0.4, 0.5) is 0 Å². The van der Waals surface area contributed by atoms with Crippen LogP contribution < -0.4 is 5.56 Å². The number of benzene rings is 1. The smallest absolute Gasteiger partial charge is 0.262 e. The molecule has 1 N–H and O–H groups in total. The zero-order valence-corrected chi connectivity index (χ0v) is 15.4. The summed E-state index contributed by atoms with van der Waals surface area (Å²) in [6.07, 6.45) is 4.85. The van der Waals surface area contributed by atoms with Crippen molar-refractivity contribution in [1.29, 1.82) is 0 Å². The molecule has 1 saturated heterocycles. The van der Waals surface area contributed by atoms with E-state index in [-0.39, 0.29) is 11.1 Å². The van der Waals surface area contributed by atoms with E-state index < -0.39 is 0 Å². The van der Waals surface area contributed by atoms with Crippen LogP contribution in [0.5, 0.6) is 0 Å². The number of para-hydroxylation sites is 1. The summed E-state index contributed by atoms with van der Waals surface area (Å²) in [6.45, 7) is 2.98. The van der Waals surface area contributed by atoms with Crippen molar-refractivity contribution in [2.45, 2.75) is 37.8 Å². The molecule has 1 aromatic heterocycles. The summed E-state index contributed by atoms with van der Waals surface area (Å²) in [5, 5.41) is 0.730. The molecule has 0 amide bonds. The Morgan fingerprint density at radius 3 is 2.62 bits per heavy atom. The molecule has 2 heterocycles. The number of thioether (sulfide) groups is 1. The lowest BCUT2D eigenvalue weighted by Crippen LogP contribution is -2.54. The molecule has 0 atom stereocenters. The molecule has 1 aliphatic heterocycles. The van der Waals surface area contributed by atoms with Crippen LogP contribution in [0.1, 0.15) is 25.7 Å². The number of aromatic nitrogens is 2. The minimum atomic E-state index is 0.0482. The van der Waals surface area contributed by atoms with Crippen molar-refractivity contribution >= 4 is 34.9 Å². The molecule has 4 rings (SSSR count). The lowest BCUT2D eigenvalue weighted by molar-refractivity contribution is 0.0840. The topological polar surface area (TPSA) is 41.0 Å². The van der Waals surface area contributed by atoms with Gasteiger partial charge in [-0.05, 0) is 37.2 Å². The lowest BCUT2D eigenvalue weighted by Gasteiger charge is -2.43. The van der Waals surface area contributed by atoms with Crippen molar-refractivity contribution in [2.75, 3.05) is 24.6 Å². The number of fused-ring (bicyclic) bond motifs is 1. The fourth-order valence-electron chi connectivity index (χ4n) is 4.28. The molecule has 1 aliphatic carbocycles. The van der Waals surface area contributed by atoms with Gasteiger partial charge in [-0.1, -0.05) is 25.0 Å². The molecule has 6 heteroatoms. The highest BCUT2D eigenvalue weighted by atomic mass is 32.2. The summed E-state index contributed by atoms with van der Waals surface area (Å²) in [4.78, 5) is 18.9. The molecule has 24 heavy (non-hydrogen) atoms. The average Bonchev–Trinajstić information content (AvgIpc) is 3.09. The number of nitrogens with one attached hydrogen (secondary N) is 1. The monoisotopic (exact) mass is 361 g/mol. The summed E-state index contributed by atoms with van der Waals surface area (Å²) in [7, 11) is 0. The molecule has 0 bridgehead atoms. The normalized spacial score (nSPS) is 21.3. The van der Waals surface area contributed by atoms with Gasteiger partial charge in [0.05, 0.1) is 10.9 Å². The van der Waals surface area contributed by atoms with Crippen LogP contribution in [0, 0.1) is 4.77 Å². The zero-order valence-electron chi connectivity index (χ0n) is 13.8. The van der Waals surface area contributed by atoms with Crippen molar-refractivity contribution in [3.8, 4) is 0 Å². The maximum absolute atomic E-state index is 13.0. The molecule has 1 aromatic carbocycles. The minimum Gasteiger partial charge on any atom is -0.332 e. The van der Waals surface area contributed by atoms with Crippen LogP contribution in [0.3, 0.4) is 0 Å². The van der Waals surface area contributed by atoms with Gasteiger partial charge in [-0.15, -0.1) is 0 Å². The second-order valence-electron chi connectivity index (χ2n) is 6.90. The molecule has 0 unspecified atom stereocenters. The standard InChI is InChI=1S/C18H23N3OS2/c22-16-14-5-1-2-6-15(14)19-17(23)21(16)13-18(7-3-4-8-18)20-9-11-24-12-10-20/h1-2,5-6H,3-4,7-13H2,(H,19,23). The Morgan fingerprint density at radius 1 is 1.17 bits per heavy atom. The van der Waals surface area contributed by atoms with E-state index in [0.29, 0.717) is 4.77 Å². The lowest BCUT2D eigenvalue weighted by atomic mass is 9.94. The van der Waals surface area contributed by atoms with Crippen molar-refractivity contribution in [3.05, 3.63) is 39.4 Å². The van der Waals surface area contributed by atoms with Gasteiger partial charge in [0, 0.05) is 36.7 Å². The first kappa shape index (κ1) is 16.4. The van der Waals surface area contributed by atoms with E-state index in [1.54, 1.807) is 0 Å². The molecule has 1 saturated carbocycles. The maximum Gasteiger partial charge on any atom is 0.262 e. The van der Waals surface area contributed by atoms with E-state index in [4.69, 9.17) is 12.2 Å². The molecule has 2 fully saturated rings. The van der Waals surface area contributed by atoms with E-state index >= 15 is 0 Å². The Kier molecular flexibility index (Phi) is 4.54. The van der Waals surface area contributed by atoms with Crippen LogP contribution in [-0.2, 0) is 6.54 Å². The van der Waals surface area contributed by atoms with Gasteiger partial charge < -0.3 is 4.98 Å². The van der Waals surface area contributed by atoms with Gasteiger partial charge in [0.2, 0.25) is 0 Å². The number of rotatable bonds is 3. The average molecular weight is 362 g/mol. The second kappa shape index (κ2) is 6.65. The number of aromatic amines is 1. The predicted molar refractivity (Wildman–Crippen MR) is 103 cm³/mol. The SMILES string of the molecule is O=c1c2ccccc2[nH]c(=S)n1CC1(N2CCSCC2)CCCC1. The van der Waals surface area contributed by atoms with E-state index in [2.05, 4.69) is 9.88 Å². The summed E-state index contributed by atoms with van der Waals surface area (Å²) < 4.78 is 2.36. The fourth-order valence-corrected chi connectivity index (χ4v) is 5.44. The first-order valence-corrected chi connectivity index (χ1v) is 10.3. The van der Waals surface area contributed by atoms with Crippen LogP contribution >= 0.6 is 24.0 Å². The van der Waals surface area contributed by atoms with Crippen LogP contribution in [0.2, 0.25) is 0 Å². The van der Waals surface area contributed by atoms with Gasteiger partial charge in [-0.25, -0.2) is 0 Å². The molecule has 2 aromatic rings. The quantitative estimate of drug-likeness (QED) is 0.851. The van der Waals surface area contributed by atoms with E-state index in [0.717, 1.165) is 30.5 Å². The summed E-state index contributed by atoms with van der Waals surface area (Å²) in [5.41, 5.74) is 0.986. The first-order valence-electron chi connectivity index (χ1n) is 8.74. The fraction of sp³-hybridized carbons (Fsp3) is 0.556. The Labute approximate surface area is 151 Å². The highest BCUT2D eigenvalue weighted by Crippen LogP contribution is 2.38. The Hall–Kier alpha value is -1.11. The number of hydrogen-bond acceptors (Lipinski definition) is 4. The van der Waals surface area contributed by atoms with Crippen LogP contribution in [0.15, 0.2) is 29.1 Å². The minimum absolute atomic E-state index is 0.0482. The number of nitrogens with zero attached hydrogens (tertiary/aromatic N) is 2. The van der Waals surface area contributed by atoms with Gasteiger partial charge in [0.15, 0.2) is 4.77 Å². The molecule has 128 valence electrons. The molecule has 0 radical (unpaired) electrons. The summed E-state index contributed by atoms with van der Waals surface area (Å²) in [6, 6.07) is 7.65. The zero-order chi connectivity index (χ0) is 16.6. The van der Waals surface area contributed by atoms with Gasteiger partial charge in [-0.3, -0.25) is 14.3 Å². The molecular formula is C18H23N3OS2. The van der Waals surface area contributed by atoms with Crippen molar-refractivity contribution in [1.82, 2.24) is 14.5 Å². The largest absolute Gasteiger partial charge is 0.332 e. The van der Waals surface area contributed by atoms with E-state index in [1.165, 1.54) is 37.2 Å². The van der Waals surface area contributed by atoms with Gasteiger partial charge in [0.1, 0.15) is 0 Å². The van der Waals surface area contributed by atoms with Crippen LogP contribution in [-0.4, -0.2) is 44.6 Å². The van der Waals surface area contributed by atoms with Crippen LogP contribution in [0.25, 0.3) is 10.9 Å². The first-order chi connectivity index (χ1) is 11.7. The molecule has 2 aliphatic rings. The third kappa shape index (κ3) is 2.85. The third-order valence-electron chi connectivity index (χ3n) is 5.56. The van der Waals surface area contributed by atoms with Gasteiger partial charge >= 0.3 is 0 Å². The highest BCUT2D eigenvalue weighted by Gasteiger charge is 2.40. The summed E-state index contributed by atoms with van der Waals surface area (Å²) >= 11 is 7.57. The molecule has 0 spiro atoms. The third-order valence-corrected chi connectivity index (χ3v) is 6.82. The maximum atomic E-state index is 13.0. The molecule has 4 nitrogen and oxygen atoms in total. The highest BCUT2D eigenvalue weighted by molar-refractivity contribution is 7.99. The predicted octanol–water partition coefficient (Wildman–Crippen LogP) is 3.42. The van der Waals surface area contributed by atoms with Gasteiger partial charge in [0.25, 0.3) is 5.56 Å². The van der Waals surface area contributed by atoms with Gasteiger partial charge in [-0.2, -0.15) is 11.8 Å².